The van der Waals surface area contributed by atoms with E-state index in [2.05, 4.69) is 27.1 Å². The summed E-state index contributed by atoms with van der Waals surface area (Å²) in [7, 11) is 2.11. The van der Waals surface area contributed by atoms with Crippen molar-refractivity contribution in [3.63, 3.8) is 0 Å². The summed E-state index contributed by atoms with van der Waals surface area (Å²) >= 11 is 6.83. The fraction of sp³-hybridized carbons (Fsp3) is 0.400. The van der Waals surface area contributed by atoms with Gasteiger partial charge in [-0.05, 0) is 67.4 Å². The van der Waals surface area contributed by atoms with Crippen LogP contribution in [0.25, 0.3) is 32.8 Å². The molecular weight excluding hydrogens is 517 g/mol. The Balaban J connectivity index is 1.38. The predicted octanol–water partition coefficient (Wildman–Crippen LogP) is 5.22. The van der Waals surface area contributed by atoms with E-state index in [1.807, 2.05) is 24.3 Å². The fourth-order valence-corrected chi connectivity index (χ4v) is 6.83. The first-order valence-corrected chi connectivity index (χ1v) is 14.0. The van der Waals surface area contributed by atoms with Gasteiger partial charge in [0.25, 0.3) is 0 Å². The summed E-state index contributed by atoms with van der Waals surface area (Å²) in [6.07, 6.45) is 3.29. The Morgan fingerprint density at radius 1 is 1.05 bits per heavy atom. The first kappa shape index (κ1) is 24.8. The molecule has 3 aliphatic heterocycles. The van der Waals surface area contributed by atoms with Crippen LogP contribution in [0.15, 0.2) is 42.5 Å². The van der Waals surface area contributed by atoms with Crippen LogP contribution in [0.4, 0.5) is 10.2 Å². The second-order valence-electron chi connectivity index (χ2n) is 11.3. The van der Waals surface area contributed by atoms with E-state index in [-0.39, 0.29) is 27.9 Å². The van der Waals surface area contributed by atoms with E-state index in [1.165, 1.54) is 0 Å². The number of nitrogens with zero attached hydrogens (tertiary/aromatic N) is 4. The highest BCUT2D eigenvalue weighted by atomic mass is 35.5. The van der Waals surface area contributed by atoms with Gasteiger partial charge in [-0.1, -0.05) is 35.9 Å². The van der Waals surface area contributed by atoms with Gasteiger partial charge < -0.3 is 25.0 Å². The summed E-state index contributed by atoms with van der Waals surface area (Å²) in [5, 5.41) is 16.5. The average Bonchev–Trinajstić information content (AvgIpc) is 3.50. The highest BCUT2D eigenvalue weighted by Crippen LogP contribution is 2.43. The molecule has 7 rings (SSSR count). The number of benzene rings is 3. The fourth-order valence-electron chi connectivity index (χ4n) is 6.54. The molecule has 2 N–H and O–H groups in total. The van der Waals surface area contributed by atoms with E-state index in [9.17, 15) is 5.11 Å². The number of ether oxygens (including phenoxy) is 1. The van der Waals surface area contributed by atoms with Gasteiger partial charge in [-0.3, -0.25) is 0 Å². The van der Waals surface area contributed by atoms with Crippen molar-refractivity contribution in [2.24, 2.45) is 5.92 Å². The maximum atomic E-state index is 16.6. The SMILES string of the molecule is CN1CCC(COc2nc(N3CC4CCC(C3)N4)c3cc(Cl)c(-c4cc(O)cc5ccccc45)c(F)c3n2)C1. The third-order valence-electron chi connectivity index (χ3n) is 8.41. The molecule has 4 aromatic rings. The molecule has 3 atom stereocenters. The van der Waals surface area contributed by atoms with Gasteiger partial charge >= 0.3 is 6.01 Å². The van der Waals surface area contributed by atoms with Crippen molar-refractivity contribution in [1.82, 2.24) is 20.2 Å². The largest absolute Gasteiger partial charge is 0.508 e. The van der Waals surface area contributed by atoms with Crippen molar-refractivity contribution in [2.45, 2.75) is 31.3 Å². The zero-order valence-corrected chi connectivity index (χ0v) is 22.6. The molecule has 1 aromatic heterocycles. The maximum absolute atomic E-state index is 16.6. The Bertz CT molecular complexity index is 1570. The van der Waals surface area contributed by atoms with E-state index < -0.39 is 5.82 Å². The topological polar surface area (TPSA) is 73.8 Å². The van der Waals surface area contributed by atoms with Crippen LogP contribution in [0, 0.1) is 11.7 Å². The zero-order chi connectivity index (χ0) is 26.7. The van der Waals surface area contributed by atoms with Crippen LogP contribution in [0.3, 0.4) is 0 Å². The molecule has 3 saturated heterocycles. The number of aromatic nitrogens is 2. The van der Waals surface area contributed by atoms with Gasteiger partial charge in [0.1, 0.15) is 17.1 Å². The molecule has 3 fully saturated rings. The lowest BCUT2D eigenvalue weighted by molar-refractivity contribution is 0.233. The van der Waals surface area contributed by atoms with Crippen LogP contribution in [0.2, 0.25) is 5.02 Å². The minimum Gasteiger partial charge on any atom is -0.508 e. The first-order chi connectivity index (χ1) is 18.9. The number of piperazine rings is 1. The van der Waals surface area contributed by atoms with Crippen LogP contribution in [-0.2, 0) is 0 Å². The van der Waals surface area contributed by atoms with Crippen LogP contribution in [0.5, 0.6) is 11.8 Å². The van der Waals surface area contributed by atoms with Gasteiger partial charge in [0.15, 0.2) is 5.82 Å². The summed E-state index contributed by atoms with van der Waals surface area (Å²) in [5.41, 5.74) is 0.910. The van der Waals surface area contributed by atoms with Crippen LogP contribution in [0.1, 0.15) is 19.3 Å². The van der Waals surface area contributed by atoms with Crippen molar-refractivity contribution in [1.29, 1.82) is 0 Å². The predicted molar refractivity (Wildman–Crippen MR) is 152 cm³/mol. The number of hydrogen-bond acceptors (Lipinski definition) is 7. The van der Waals surface area contributed by atoms with Crippen LogP contribution < -0.4 is 15.0 Å². The number of likely N-dealkylation sites (tertiary alicyclic amines) is 1. The Kier molecular flexibility index (Phi) is 6.21. The van der Waals surface area contributed by atoms with Crippen molar-refractivity contribution in [3.8, 4) is 22.9 Å². The summed E-state index contributed by atoms with van der Waals surface area (Å²) in [4.78, 5) is 13.9. The second kappa shape index (κ2) is 9.77. The third kappa shape index (κ3) is 4.54. The lowest BCUT2D eigenvalue weighted by Gasteiger charge is -2.34. The first-order valence-electron chi connectivity index (χ1n) is 13.7. The van der Waals surface area contributed by atoms with E-state index in [0.717, 1.165) is 56.2 Å². The Morgan fingerprint density at radius 3 is 2.62 bits per heavy atom. The molecule has 39 heavy (non-hydrogen) atoms. The lowest BCUT2D eigenvalue weighted by Crippen LogP contribution is -2.51. The molecule has 0 radical (unpaired) electrons. The third-order valence-corrected chi connectivity index (χ3v) is 8.71. The number of aromatic hydroxyl groups is 1. The lowest BCUT2D eigenvalue weighted by atomic mass is 9.96. The van der Waals surface area contributed by atoms with Gasteiger partial charge in [-0.2, -0.15) is 9.97 Å². The zero-order valence-electron chi connectivity index (χ0n) is 21.8. The molecule has 0 amide bonds. The number of phenols is 1. The van der Waals surface area contributed by atoms with Crippen molar-refractivity contribution in [3.05, 3.63) is 53.3 Å². The molecule has 3 aliphatic rings. The summed E-state index contributed by atoms with van der Waals surface area (Å²) in [6.45, 7) is 4.05. The monoisotopic (exact) mass is 547 g/mol. The standard InChI is InChI=1S/C30H31ClFN5O2/c1-36-9-8-17(13-36)16-39-30-34-28-24(29(35-30)37-14-19-6-7-20(15-37)33-19)12-25(31)26(27(28)32)23-11-21(38)10-18-4-2-3-5-22(18)23/h2-5,10-12,17,19-20,33,38H,6-9,13-16H2,1H3. The summed E-state index contributed by atoms with van der Waals surface area (Å²) < 4.78 is 22.7. The van der Waals surface area contributed by atoms with Gasteiger partial charge in [-0.15, -0.1) is 0 Å². The number of anilines is 1. The van der Waals surface area contributed by atoms with Gasteiger partial charge in [0, 0.05) is 48.6 Å². The number of nitrogens with one attached hydrogen (secondary N) is 1. The minimum absolute atomic E-state index is 0.0458. The Hall–Kier alpha value is -3.20. The van der Waals surface area contributed by atoms with E-state index >= 15 is 4.39 Å². The Morgan fingerprint density at radius 2 is 1.85 bits per heavy atom. The normalized spacial score (nSPS) is 23.3. The highest BCUT2D eigenvalue weighted by molar-refractivity contribution is 6.35. The molecule has 2 bridgehead atoms. The number of rotatable bonds is 5. The molecule has 0 aliphatic carbocycles. The Labute approximate surface area is 231 Å². The quantitative estimate of drug-likeness (QED) is 0.355. The summed E-state index contributed by atoms with van der Waals surface area (Å²) in [6, 6.07) is 13.5. The molecule has 3 unspecified atom stereocenters. The van der Waals surface area contributed by atoms with Gasteiger partial charge in [0.05, 0.1) is 11.6 Å². The smallest absolute Gasteiger partial charge is 0.319 e. The number of hydrogen-bond donors (Lipinski definition) is 2. The summed E-state index contributed by atoms with van der Waals surface area (Å²) in [5.74, 6) is 0.548. The van der Waals surface area contributed by atoms with E-state index in [0.29, 0.717) is 41.4 Å². The number of halogens is 2. The average molecular weight is 548 g/mol. The van der Waals surface area contributed by atoms with Crippen molar-refractivity contribution >= 4 is 39.1 Å². The molecule has 7 nitrogen and oxygen atoms in total. The molecule has 4 heterocycles. The van der Waals surface area contributed by atoms with Crippen molar-refractivity contribution in [2.75, 3.05) is 44.7 Å². The minimum atomic E-state index is -0.541. The van der Waals surface area contributed by atoms with Crippen molar-refractivity contribution < 1.29 is 14.2 Å². The maximum Gasteiger partial charge on any atom is 0.319 e. The molecule has 0 saturated carbocycles. The van der Waals surface area contributed by atoms with E-state index in [4.69, 9.17) is 21.3 Å². The molecule has 3 aromatic carbocycles. The highest BCUT2D eigenvalue weighted by Gasteiger charge is 2.34. The molecular formula is C30H31ClFN5O2. The van der Waals surface area contributed by atoms with Gasteiger partial charge in [-0.25, -0.2) is 4.39 Å². The van der Waals surface area contributed by atoms with Crippen LogP contribution >= 0.6 is 11.6 Å². The molecule has 0 spiro atoms. The number of phenolic OH excluding ortho intramolecular Hbond substituents is 1. The number of fused-ring (bicyclic) bond motifs is 4. The van der Waals surface area contributed by atoms with E-state index in [1.54, 1.807) is 18.2 Å². The molecule has 9 heteroatoms. The molecule has 202 valence electrons. The van der Waals surface area contributed by atoms with Crippen LogP contribution in [-0.4, -0.2) is 71.9 Å². The second-order valence-corrected chi connectivity index (χ2v) is 11.7. The van der Waals surface area contributed by atoms with Gasteiger partial charge in [0.2, 0.25) is 0 Å².